The van der Waals surface area contributed by atoms with Crippen molar-refractivity contribution in [1.82, 2.24) is 9.97 Å². The van der Waals surface area contributed by atoms with Crippen LogP contribution in [0.2, 0.25) is 0 Å². The monoisotopic (exact) mass is 298 g/mol. The first-order valence-corrected chi connectivity index (χ1v) is 6.89. The van der Waals surface area contributed by atoms with Crippen LogP contribution in [0, 0.1) is 11.8 Å². The Morgan fingerprint density at radius 2 is 2.12 bits per heavy atom. The number of nitrogens with zero attached hydrogens (tertiary/aromatic N) is 2. The first-order valence-electron chi connectivity index (χ1n) is 6.10. The highest BCUT2D eigenvalue weighted by Gasteiger charge is 2.26. The van der Waals surface area contributed by atoms with Crippen molar-refractivity contribution < 1.29 is 0 Å². The van der Waals surface area contributed by atoms with E-state index >= 15 is 0 Å². The van der Waals surface area contributed by atoms with E-state index in [0.29, 0.717) is 17.8 Å². The molecular formula is C12H19BrN4. The summed E-state index contributed by atoms with van der Waals surface area (Å²) in [5, 5.41) is 3.48. The zero-order valence-corrected chi connectivity index (χ0v) is 11.9. The number of halogens is 1. The summed E-state index contributed by atoms with van der Waals surface area (Å²) in [6, 6.07) is 0.483. The molecule has 0 aromatic carbocycles. The van der Waals surface area contributed by atoms with Gasteiger partial charge >= 0.3 is 0 Å². The molecule has 3 N–H and O–H groups in total. The molecule has 17 heavy (non-hydrogen) atoms. The number of nitrogens with two attached hydrogens (primary N) is 1. The first kappa shape index (κ1) is 12.6. The normalized spacial score (nSPS) is 29.0. The van der Waals surface area contributed by atoms with Crippen molar-refractivity contribution in [2.24, 2.45) is 11.8 Å². The molecule has 0 radical (unpaired) electrons. The minimum absolute atomic E-state index is 0.483. The summed E-state index contributed by atoms with van der Waals surface area (Å²) in [5.74, 6) is 2.80. The van der Waals surface area contributed by atoms with Crippen LogP contribution in [0.15, 0.2) is 10.8 Å². The third-order valence-electron chi connectivity index (χ3n) is 3.57. The maximum atomic E-state index is 5.74. The van der Waals surface area contributed by atoms with Gasteiger partial charge in [-0.1, -0.05) is 13.8 Å². The molecule has 1 heterocycles. The Kier molecular flexibility index (Phi) is 3.86. The lowest BCUT2D eigenvalue weighted by atomic mass is 9.80. The summed E-state index contributed by atoms with van der Waals surface area (Å²) in [5.41, 5.74) is 5.74. The molecule has 0 spiro atoms. The Hall–Kier alpha value is -0.840. The zero-order chi connectivity index (χ0) is 12.4. The predicted molar refractivity (Wildman–Crippen MR) is 73.7 cm³/mol. The fourth-order valence-corrected chi connectivity index (χ4v) is 2.86. The van der Waals surface area contributed by atoms with Crippen LogP contribution < -0.4 is 11.1 Å². The highest BCUT2D eigenvalue weighted by atomic mass is 79.9. The molecule has 2 rings (SSSR count). The van der Waals surface area contributed by atoms with E-state index in [0.717, 1.165) is 16.2 Å². The summed E-state index contributed by atoms with van der Waals surface area (Å²) in [6.07, 6.45) is 5.24. The second-order valence-corrected chi connectivity index (χ2v) is 5.86. The maximum absolute atomic E-state index is 5.74. The number of nitrogen functional groups attached to an aromatic ring is 1. The fraction of sp³-hybridized carbons (Fsp3) is 0.667. The molecule has 0 saturated heterocycles. The molecule has 3 atom stereocenters. The number of anilines is 2. The van der Waals surface area contributed by atoms with E-state index in [1.54, 1.807) is 0 Å². The van der Waals surface area contributed by atoms with Crippen molar-refractivity contribution in [3.05, 3.63) is 10.8 Å². The molecule has 94 valence electrons. The topological polar surface area (TPSA) is 63.8 Å². The summed E-state index contributed by atoms with van der Waals surface area (Å²) in [6.45, 7) is 4.62. The Bertz CT molecular complexity index is 396. The van der Waals surface area contributed by atoms with Crippen molar-refractivity contribution in [1.29, 1.82) is 0 Å². The lowest BCUT2D eigenvalue weighted by Gasteiger charge is -2.33. The van der Waals surface area contributed by atoms with E-state index in [2.05, 4.69) is 45.1 Å². The van der Waals surface area contributed by atoms with Crippen LogP contribution in [0.3, 0.4) is 0 Å². The van der Waals surface area contributed by atoms with Crippen LogP contribution in [0.4, 0.5) is 11.6 Å². The van der Waals surface area contributed by atoms with Crippen LogP contribution in [0.25, 0.3) is 0 Å². The van der Waals surface area contributed by atoms with Gasteiger partial charge in [-0.15, -0.1) is 0 Å². The van der Waals surface area contributed by atoms with Gasteiger partial charge in [0, 0.05) is 6.04 Å². The highest BCUT2D eigenvalue weighted by Crippen LogP contribution is 2.32. The van der Waals surface area contributed by atoms with Crippen LogP contribution in [-0.4, -0.2) is 16.0 Å². The minimum Gasteiger partial charge on any atom is -0.383 e. The van der Waals surface area contributed by atoms with E-state index in [-0.39, 0.29) is 0 Å². The molecule has 1 aromatic rings. The van der Waals surface area contributed by atoms with Gasteiger partial charge in [-0.3, -0.25) is 0 Å². The number of aromatic nitrogens is 2. The second-order valence-electron chi connectivity index (χ2n) is 5.07. The molecule has 1 aromatic heterocycles. The second kappa shape index (κ2) is 5.21. The van der Waals surface area contributed by atoms with Crippen LogP contribution >= 0.6 is 15.9 Å². The zero-order valence-electron chi connectivity index (χ0n) is 10.3. The van der Waals surface area contributed by atoms with Gasteiger partial charge < -0.3 is 11.1 Å². The van der Waals surface area contributed by atoms with Crippen LogP contribution in [-0.2, 0) is 0 Å². The van der Waals surface area contributed by atoms with Gasteiger partial charge in [-0.2, -0.15) is 0 Å². The molecule has 1 aliphatic carbocycles. The summed E-state index contributed by atoms with van der Waals surface area (Å²) in [4.78, 5) is 8.18. The Balaban J connectivity index is 2.08. The SMILES string of the molecule is CC1CCC(Nc2ncnc(N)c2Br)C(C)C1. The highest BCUT2D eigenvalue weighted by molar-refractivity contribution is 9.10. The number of hydrogen-bond donors (Lipinski definition) is 2. The van der Waals surface area contributed by atoms with Crippen molar-refractivity contribution in [2.45, 2.75) is 39.2 Å². The van der Waals surface area contributed by atoms with E-state index < -0.39 is 0 Å². The van der Waals surface area contributed by atoms with E-state index in [4.69, 9.17) is 5.73 Å². The average Bonchev–Trinajstić information content (AvgIpc) is 2.28. The molecule has 0 amide bonds. The molecule has 0 aliphatic heterocycles. The first-order chi connectivity index (χ1) is 8.08. The quantitative estimate of drug-likeness (QED) is 0.881. The molecule has 1 fully saturated rings. The molecule has 0 bridgehead atoms. The maximum Gasteiger partial charge on any atom is 0.146 e. The van der Waals surface area contributed by atoms with Gasteiger partial charge in [-0.25, -0.2) is 9.97 Å². The van der Waals surface area contributed by atoms with Gasteiger partial charge in [0.2, 0.25) is 0 Å². The van der Waals surface area contributed by atoms with Gasteiger partial charge in [0.1, 0.15) is 22.4 Å². The molecule has 4 nitrogen and oxygen atoms in total. The van der Waals surface area contributed by atoms with Crippen molar-refractivity contribution in [3.8, 4) is 0 Å². The number of rotatable bonds is 2. The van der Waals surface area contributed by atoms with Crippen molar-refractivity contribution in [3.63, 3.8) is 0 Å². The Labute approximate surface area is 111 Å². The minimum atomic E-state index is 0.483. The number of nitrogens with one attached hydrogen (secondary N) is 1. The van der Waals surface area contributed by atoms with Gasteiger partial charge in [0.15, 0.2) is 0 Å². The van der Waals surface area contributed by atoms with Gasteiger partial charge in [0.25, 0.3) is 0 Å². The molecule has 5 heteroatoms. The van der Waals surface area contributed by atoms with Gasteiger partial charge in [-0.05, 0) is 47.0 Å². The lowest BCUT2D eigenvalue weighted by Crippen LogP contribution is -2.33. The van der Waals surface area contributed by atoms with E-state index in [1.807, 2.05) is 0 Å². The molecule has 1 saturated carbocycles. The molecular weight excluding hydrogens is 280 g/mol. The average molecular weight is 299 g/mol. The summed E-state index contributed by atoms with van der Waals surface area (Å²) >= 11 is 3.43. The lowest BCUT2D eigenvalue weighted by molar-refractivity contribution is 0.276. The molecule has 3 unspecified atom stereocenters. The summed E-state index contributed by atoms with van der Waals surface area (Å²) < 4.78 is 0.769. The fourth-order valence-electron chi connectivity index (χ4n) is 2.54. The number of hydrogen-bond acceptors (Lipinski definition) is 4. The third kappa shape index (κ3) is 2.89. The Morgan fingerprint density at radius 3 is 2.82 bits per heavy atom. The van der Waals surface area contributed by atoms with Crippen LogP contribution in [0.1, 0.15) is 33.1 Å². The smallest absolute Gasteiger partial charge is 0.146 e. The third-order valence-corrected chi connectivity index (χ3v) is 4.35. The van der Waals surface area contributed by atoms with E-state index in [1.165, 1.54) is 25.6 Å². The predicted octanol–water partition coefficient (Wildman–Crippen LogP) is 3.06. The van der Waals surface area contributed by atoms with Crippen LogP contribution in [0.5, 0.6) is 0 Å². The van der Waals surface area contributed by atoms with Gasteiger partial charge in [0.05, 0.1) is 0 Å². The summed E-state index contributed by atoms with van der Waals surface area (Å²) in [7, 11) is 0. The Morgan fingerprint density at radius 1 is 1.35 bits per heavy atom. The van der Waals surface area contributed by atoms with Crippen molar-refractivity contribution in [2.75, 3.05) is 11.1 Å². The van der Waals surface area contributed by atoms with Crippen molar-refractivity contribution >= 4 is 27.6 Å². The largest absolute Gasteiger partial charge is 0.383 e. The van der Waals surface area contributed by atoms with E-state index in [9.17, 15) is 0 Å². The standard InChI is InChI=1S/C12H19BrN4/c1-7-3-4-9(8(2)5-7)17-12-10(13)11(14)15-6-16-12/h6-9H,3-5H2,1-2H3,(H3,14,15,16,17). The molecule has 1 aliphatic rings.